The van der Waals surface area contributed by atoms with E-state index in [1.54, 1.807) is 13.8 Å². The van der Waals surface area contributed by atoms with Gasteiger partial charge in [0, 0.05) is 0 Å². The first-order valence-corrected chi connectivity index (χ1v) is 11.2. The summed E-state index contributed by atoms with van der Waals surface area (Å²) < 4.78 is 10.5. The zero-order valence-electron chi connectivity index (χ0n) is 19.2. The second-order valence-corrected chi connectivity index (χ2v) is 8.38. The predicted octanol–water partition coefficient (Wildman–Crippen LogP) is 4.79. The molecule has 0 amide bonds. The van der Waals surface area contributed by atoms with Crippen LogP contribution in [0.4, 0.5) is 0 Å². The molecule has 1 N–H and O–H groups in total. The number of rotatable bonds is 10. The van der Waals surface area contributed by atoms with Gasteiger partial charge in [0.2, 0.25) is 0 Å². The molecule has 1 fully saturated rings. The van der Waals surface area contributed by atoms with Crippen molar-refractivity contribution in [1.82, 2.24) is 0 Å². The molecule has 2 rings (SSSR count). The summed E-state index contributed by atoms with van der Waals surface area (Å²) in [6.45, 7) is 7.91. The van der Waals surface area contributed by atoms with Crippen molar-refractivity contribution in [3.8, 4) is 0 Å². The van der Waals surface area contributed by atoms with E-state index in [0.29, 0.717) is 25.7 Å². The fourth-order valence-corrected chi connectivity index (χ4v) is 4.19. The summed E-state index contributed by atoms with van der Waals surface area (Å²) in [7, 11) is 0. The van der Waals surface area contributed by atoms with Crippen LogP contribution in [-0.2, 0) is 25.5 Å². The normalized spacial score (nSPS) is 18.7. The topological polar surface area (TPSA) is 72.8 Å². The van der Waals surface area contributed by atoms with E-state index in [0.717, 1.165) is 17.6 Å². The minimum absolute atomic E-state index is 0.0554. The van der Waals surface area contributed by atoms with Crippen molar-refractivity contribution in [3.63, 3.8) is 0 Å². The lowest BCUT2D eigenvalue weighted by Gasteiger charge is -2.24. The summed E-state index contributed by atoms with van der Waals surface area (Å²) in [6.07, 6.45) is 6.25. The molecule has 2 atom stereocenters. The van der Waals surface area contributed by atoms with Gasteiger partial charge in [0.15, 0.2) is 5.41 Å². The molecule has 0 spiro atoms. The van der Waals surface area contributed by atoms with Crippen LogP contribution < -0.4 is 0 Å². The molecule has 5 nitrogen and oxygen atoms in total. The number of esters is 2. The lowest BCUT2D eigenvalue weighted by atomic mass is 9.85. The molecule has 0 bridgehead atoms. The Balaban J connectivity index is 2.08. The monoisotopic (exact) mass is 428 g/mol. The standard InChI is InChI=1S/C26H36O5/c1-5-30-24(28)26(25(29)31-6-2)17-21(23(18-26)19(3)4)13-10-14-22(27)16-15-20-11-8-7-9-12-20/h7-13,21-22,27H,5-6,14-18H2,1-4H3/b13-10+. The van der Waals surface area contributed by atoms with E-state index < -0.39 is 23.5 Å². The van der Waals surface area contributed by atoms with Crippen LogP contribution >= 0.6 is 0 Å². The smallest absolute Gasteiger partial charge is 0.323 e. The molecule has 5 heteroatoms. The highest BCUT2D eigenvalue weighted by atomic mass is 16.6. The number of carbonyl (C=O) groups is 2. The summed E-state index contributed by atoms with van der Waals surface area (Å²) in [5.74, 6) is -1.07. The number of hydrogen-bond donors (Lipinski definition) is 1. The summed E-state index contributed by atoms with van der Waals surface area (Å²) in [6, 6.07) is 10.1. The molecule has 1 aliphatic carbocycles. The van der Waals surface area contributed by atoms with Gasteiger partial charge < -0.3 is 14.6 Å². The van der Waals surface area contributed by atoms with Gasteiger partial charge in [-0.2, -0.15) is 0 Å². The van der Waals surface area contributed by atoms with Crippen LogP contribution in [0.2, 0.25) is 0 Å². The van der Waals surface area contributed by atoms with Gasteiger partial charge in [-0.05, 0) is 71.3 Å². The number of hydrogen-bond acceptors (Lipinski definition) is 5. The van der Waals surface area contributed by atoms with Crippen LogP contribution in [0, 0.1) is 11.3 Å². The number of aryl methyl sites for hydroxylation is 1. The van der Waals surface area contributed by atoms with Crippen molar-refractivity contribution in [2.75, 3.05) is 13.2 Å². The number of carbonyl (C=O) groups excluding carboxylic acids is 2. The lowest BCUT2D eigenvalue weighted by Crippen LogP contribution is -2.40. The summed E-state index contributed by atoms with van der Waals surface area (Å²) in [5.41, 5.74) is 2.08. The number of aliphatic hydroxyl groups is 1. The van der Waals surface area contributed by atoms with Crippen molar-refractivity contribution in [2.24, 2.45) is 11.3 Å². The number of allylic oxidation sites excluding steroid dienone is 3. The average Bonchev–Trinajstić information content (AvgIpc) is 3.15. The highest BCUT2D eigenvalue weighted by Gasteiger charge is 2.55. The number of aliphatic hydroxyl groups excluding tert-OH is 1. The maximum Gasteiger partial charge on any atom is 0.323 e. The molecule has 2 unspecified atom stereocenters. The van der Waals surface area contributed by atoms with Crippen molar-refractivity contribution in [1.29, 1.82) is 0 Å². The van der Waals surface area contributed by atoms with Gasteiger partial charge in [0.1, 0.15) is 0 Å². The molecular formula is C26H36O5. The Morgan fingerprint density at radius 3 is 2.29 bits per heavy atom. The second kappa shape index (κ2) is 11.8. The quantitative estimate of drug-likeness (QED) is 0.330. The Morgan fingerprint density at radius 2 is 1.74 bits per heavy atom. The van der Waals surface area contributed by atoms with E-state index >= 15 is 0 Å². The molecule has 0 aromatic heterocycles. The Hall–Kier alpha value is -2.40. The largest absolute Gasteiger partial charge is 0.465 e. The second-order valence-electron chi connectivity index (χ2n) is 8.38. The summed E-state index contributed by atoms with van der Waals surface area (Å²) in [4.78, 5) is 25.6. The van der Waals surface area contributed by atoms with Crippen LogP contribution in [-0.4, -0.2) is 36.4 Å². The zero-order valence-corrected chi connectivity index (χ0v) is 19.2. The molecule has 170 valence electrons. The fraction of sp³-hybridized carbons (Fsp3) is 0.538. The van der Waals surface area contributed by atoms with E-state index in [2.05, 4.69) is 12.1 Å². The Morgan fingerprint density at radius 1 is 1.13 bits per heavy atom. The fourth-order valence-electron chi connectivity index (χ4n) is 4.19. The third kappa shape index (κ3) is 6.54. The van der Waals surface area contributed by atoms with Crippen LogP contribution in [0.25, 0.3) is 0 Å². The molecule has 0 heterocycles. The minimum atomic E-state index is -1.29. The highest BCUT2D eigenvalue weighted by Crippen LogP contribution is 2.49. The first-order valence-electron chi connectivity index (χ1n) is 11.2. The highest BCUT2D eigenvalue weighted by molar-refractivity contribution is 6.01. The van der Waals surface area contributed by atoms with Crippen molar-refractivity contribution in [3.05, 3.63) is 59.2 Å². The lowest BCUT2D eigenvalue weighted by molar-refractivity contribution is -0.171. The van der Waals surface area contributed by atoms with Gasteiger partial charge in [-0.1, -0.05) is 53.6 Å². The van der Waals surface area contributed by atoms with Gasteiger partial charge in [0.05, 0.1) is 19.3 Å². The summed E-state index contributed by atoms with van der Waals surface area (Å²) >= 11 is 0. The zero-order chi connectivity index (χ0) is 22.9. The maximum absolute atomic E-state index is 12.8. The molecule has 0 saturated heterocycles. The van der Waals surface area contributed by atoms with E-state index in [1.165, 1.54) is 5.56 Å². The van der Waals surface area contributed by atoms with Gasteiger partial charge in [-0.25, -0.2) is 0 Å². The van der Waals surface area contributed by atoms with Crippen LogP contribution in [0.15, 0.2) is 53.6 Å². The van der Waals surface area contributed by atoms with E-state index in [4.69, 9.17) is 9.47 Å². The Kier molecular flexibility index (Phi) is 9.50. The first-order chi connectivity index (χ1) is 14.8. The van der Waals surface area contributed by atoms with E-state index in [9.17, 15) is 14.7 Å². The Labute approximate surface area is 186 Å². The van der Waals surface area contributed by atoms with E-state index in [1.807, 2.05) is 44.2 Å². The van der Waals surface area contributed by atoms with Gasteiger partial charge in [0.25, 0.3) is 0 Å². The van der Waals surface area contributed by atoms with E-state index in [-0.39, 0.29) is 19.1 Å². The van der Waals surface area contributed by atoms with Crippen LogP contribution in [0.1, 0.15) is 58.9 Å². The van der Waals surface area contributed by atoms with Crippen molar-refractivity contribution in [2.45, 2.75) is 65.9 Å². The molecular weight excluding hydrogens is 392 g/mol. The third-order valence-corrected chi connectivity index (χ3v) is 5.87. The van der Waals surface area contributed by atoms with Crippen molar-refractivity contribution >= 4 is 11.9 Å². The molecule has 0 aliphatic heterocycles. The molecule has 31 heavy (non-hydrogen) atoms. The molecule has 1 aromatic rings. The molecule has 0 radical (unpaired) electrons. The average molecular weight is 429 g/mol. The minimum Gasteiger partial charge on any atom is -0.465 e. The van der Waals surface area contributed by atoms with Gasteiger partial charge in [-0.3, -0.25) is 9.59 Å². The number of ether oxygens (including phenoxy) is 2. The van der Waals surface area contributed by atoms with Crippen LogP contribution in [0.5, 0.6) is 0 Å². The first kappa shape index (κ1) is 24.9. The van der Waals surface area contributed by atoms with Gasteiger partial charge in [-0.15, -0.1) is 0 Å². The SMILES string of the molecule is CCOC(=O)C1(C(=O)OCC)CC(=C(C)C)C(/C=C/CC(O)CCc2ccccc2)C1. The molecule has 1 saturated carbocycles. The van der Waals surface area contributed by atoms with Gasteiger partial charge >= 0.3 is 11.9 Å². The molecule has 1 aliphatic rings. The van der Waals surface area contributed by atoms with Crippen LogP contribution in [0.3, 0.4) is 0 Å². The predicted molar refractivity (Wildman–Crippen MR) is 121 cm³/mol. The third-order valence-electron chi connectivity index (χ3n) is 5.87. The maximum atomic E-state index is 12.8. The Bertz CT molecular complexity index is 771. The van der Waals surface area contributed by atoms with Crippen molar-refractivity contribution < 1.29 is 24.2 Å². The molecule has 1 aromatic carbocycles. The summed E-state index contributed by atoms with van der Waals surface area (Å²) in [5, 5.41) is 10.4. The number of benzene rings is 1.